The van der Waals surface area contributed by atoms with Crippen LogP contribution >= 0.6 is 11.3 Å². The first-order valence-electron chi connectivity index (χ1n) is 6.42. The number of aryl methyl sites for hydroxylation is 1. The molecule has 0 saturated heterocycles. The van der Waals surface area contributed by atoms with Gasteiger partial charge < -0.3 is 0 Å². The summed E-state index contributed by atoms with van der Waals surface area (Å²) in [5, 5.41) is 0. The van der Waals surface area contributed by atoms with Crippen molar-refractivity contribution in [2.75, 3.05) is 0 Å². The van der Waals surface area contributed by atoms with Crippen LogP contribution in [0.25, 0.3) is 0 Å². The van der Waals surface area contributed by atoms with E-state index < -0.39 is 0 Å². The highest BCUT2D eigenvalue weighted by molar-refractivity contribution is 7.12. The molecule has 84 valence electrons. The largest absolute Gasteiger partial charge is 0.145 e. The number of hydrogen-bond acceptors (Lipinski definition) is 1. The van der Waals surface area contributed by atoms with Crippen LogP contribution in [0.4, 0.5) is 0 Å². The summed E-state index contributed by atoms with van der Waals surface area (Å²) in [7, 11) is 0. The van der Waals surface area contributed by atoms with E-state index in [1.807, 2.05) is 11.3 Å². The molecular formula is C14H22S. The molecule has 0 atom stereocenters. The third-order valence-corrected chi connectivity index (χ3v) is 5.25. The quantitative estimate of drug-likeness (QED) is 0.675. The van der Waals surface area contributed by atoms with Gasteiger partial charge in [-0.1, -0.05) is 20.3 Å². The summed E-state index contributed by atoms with van der Waals surface area (Å²) in [5.74, 6) is 1.91. The van der Waals surface area contributed by atoms with Crippen molar-refractivity contribution in [2.24, 2.45) is 5.92 Å². The third-order valence-electron chi connectivity index (χ3n) is 3.86. The van der Waals surface area contributed by atoms with Gasteiger partial charge in [-0.15, -0.1) is 11.3 Å². The summed E-state index contributed by atoms with van der Waals surface area (Å²) in [6, 6.07) is 4.70. The second-order valence-electron chi connectivity index (χ2n) is 4.78. The number of hydrogen-bond donors (Lipinski definition) is 0. The van der Waals surface area contributed by atoms with E-state index in [1.54, 1.807) is 9.75 Å². The highest BCUT2D eigenvalue weighted by Gasteiger charge is 2.22. The number of thiophene rings is 1. The molecule has 15 heavy (non-hydrogen) atoms. The fraction of sp³-hybridized carbons (Fsp3) is 0.714. The van der Waals surface area contributed by atoms with Gasteiger partial charge in [-0.2, -0.15) is 0 Å². The predicted molar refractivity (Wildman–Crippen MR) is 68.7 cm³/mol. The van der Waals surface area contributed by atoms with Gasteiger partial charge in [0.1, 0.15) is 0 Å². The Kier molecular flexibility index (Phi) is 3.85. The van der Waals surface area contributed by atoms with Crippen LogP contribution in [0.2, 0.25) is 0 Å². The van der Waals surface area contributed by atoms with Crippen molar-refractivity contribution in [1.82, 2.24) is 0 Å². The summed E-state index contributed by atoms with van der Waals surface area (Å²) < 4.78 is 0. The Morgan fingerprint density at radius 2 is 1.87 bits per heavy atom. The van der Waals surface area contributed by atoms with E-state index in [0.29, 0.717) is 0 Å². The Morgan fingerprint density at radius 1 is 1.13 bits per heavy atom. The Bertz CT molecular complexity index is 292. The zero-order valence-electron chi connectivity index (χ0n) is 9.96. The second kappa shape index (κ2) is 5.16. The van der Waals surface area contributed by atoms with Crippen LogP contribution in [-0.4, -0.2) is 0 Å². The molecule has 2 rings (SSSR count). The average molecular weight is 222 g/mol. The van der Waals surface area contributed by atoms with Gasteiger partial charge >= 0.3 is 0 Å². The summed E-state index contributed by atoms with van der Waals surface area (Å²) in [4.78, 5) is 3.21. The molecule has 0 nitrogen and oxygen atoms in total. The van der Waals surface area contributed by atoms with E-state index in [0.717, 1.165) is 11.8 Å². The van der Waals surface area contributed by atoms with Gasteiger partial charge in [-0.05, 0) is 56.1 Å². The molecule has 1 saturated carbocycles. The van der Waals surface area contributed by atoms with E-state index in [2.05, 4.69) is 26.0 Å². The smallest absolute Gasteiger partial charge is 0.00791 e. The van der Waals surface area contributed by atoms with Gasteiger partial charge in [0.2, 0.25) is 0 Å². The summed E-state index contributed by atoms with van der Waals surface area (Å²) in [6.07, 6.45) is 8.37. The van der Waals surface area contributed by atoms with Crippen LogP contribution in [0.3, 0.4) is 0 Å². The molecule has 0 amide bonds. The Morgan fingerprint density at radius 3 is 2.40 bits per heavy atom. The normalized spacial score (nSPS) is 26.8. The second-order valence-corrected chi connectivity index (χ2v) is 5.98. The lowest BCUT2D eigenvalue weighted by Gasteiger charge is -2.27. The van der Waals surface area contributed by atoms with Crippen molar-refractivity contribution in [3.8, 4) is 0 Å². The van der Waals surface area contributed by atoms with Crippen LogP contribution < -0.4 is 0 Å². The Labute approximate surface area is 97.7 Å². The molecule has 0 radical (unpaired) electrons. The molecule has 0 N–H and O–H groups in total. The van der Waals surface area contributed by atoms with E-state index in [4.69, 9.17) is 0 Å². The molecule has 1 heteroatoms. The van der Waals surface area contributed by atoms with Crippen LogP contribution in [-0.2, 0) is 6.42 Å². The van der Waals surface area contributed by atoms with E-state index in [1.165, 1.54) is 38.5 Å². The van der Waals surface area contributed by atoms with Gasteiger partial charge in [0.05, 0.1) is 0 Å². The highest BCUT2D eigenvalue weighted by atomic mass is 32.1. The third kappa shape index (κ3) is 2.63. The first-order valence-corrected chi connectivity index (χ1v) is 7.23. The fourth-order valence-corrected chi connectivity index (χ4v) is 3.78. The van der Waals surface area contributed by atoms with Crippen LogP contribution in [0, 0.1) is 5.92 Å². The molecule has 0 spiro atoms. The Hall–Kier alpha value is -0.300. The maximum absolute atomic E-state index is 2.38. The zero-order valence-corrected chi connectivity index (χ0v) is 10.8. The summed E-state index contributed by atoms with van der Waals surface area (Å²) in [5.41, 5.74) is 0. The molecule has 0 bridgehead atoms. The summed E-state index contributed by atoms with van der Waals surface area (Å²) >= 11 is 2.05. The predicted octanol–water partition coefficient (Wildman–Crippen LogP) is 4.99. The van der Waals surface area contributed by atoms with Crippen molar-refractivity contribution in [3.63, 3.8) is 0 Å². The van der Waals surface area contributed by atoms with E-state index in [9.17, 15) is 0 Å². The summed E-state index contributed by atoms with van der Waals surface area (Å²) in [6.45, 7) is 4.59. The standard InChI is InChI=1S/C14H22S/c1-3-11-5-7-12(8-6-11)14-10-9-13(4-2)15-14/h9-12H,3-8H2,1-2H3/t11-,12-. The SMILES string of the molecule is CCc1ccc([C@H]2CC[C@H](CC)CC2)s1. The molecule has 0 aromatic carbocycles. The Balaban J connectivity index is 1.95. The van der Waals surface area contributed by atoms with Crippen LogP contribution in [0.15, 0.2) is 12.1 Å². The lowest BCUT2D eigenvalue weighted by molar-refractivity contribution is 0.321. The molecule has 1 fully saturated rings. The molecule has 0 aliphatic heterocycles. The van der Waals surface area contributed by atoms with Crippen LogP contribution in [0.5, 0.6) is 0 Å². The van der Waals surface area contributed by atoms with Crippen molar-refractivity contribution in [3.05, 3.63) is 21.9 Å². The maximum atomic E-state index is 2.38. The topological polar surface area (TPSA) is 0 Å². The highest BCUT2D eigenvalue weighted by Crippen LogP contribution is 2.39. The van der Waals surface area contributed by atoms with Gasteiger partial charge in [-0.25, -0.2) is 0 Å². The molecule has 1 aromatic heterocycles. The monoisotopic (exact) mass is 222 g/mol. The number of rotatable bonds is 3. The first kappa shape index (κ1) is 11.2. The minimum Gasteiger partial charge on any atom is -0.145 e. The molecular weight excluding hydrogens is 200 g/mol. The van der Waals surface area contributed by atoms with E-state index >= 15 is 0 Å². The van der Waals surface area contributed by atoms with Crippen molar-refractivity contribution < 1.29 is 0 Å². The lowest BCUT2D eigenvalue weighted by atomic mass is 9.80. The minimum absolute atomic E-state index is 0.887. The molecule has 1 heterocycles. The molecule has 1 aromatic rings. The maximum Gasteiger partial charge on any atom is 0.00791 e. The van der Waals surface area contributed by atoms with Gasteiger partial charge in [0, 0.05) is 9.75 Å². The van der Waals surface area contributed by atoms with Gasteiger partial charge in [0.25, 0.3) is 0 Å². The average Bonchev–Trinajstić information content (AvgIpc) is 2.78. The fourth-order valence-electron chi connectivity index (χ4n) is 2.66. The van der Waals surface area contributed by atoms with Crippen molar-refractivity contribution in [2.45, 2.75) is 58.3 Å². The van der Waals surface area contributed by atoms with Crippen molar-refractivity contribution in [1.29, 1.82) is 0 Å². The molecule has 1 aliphatic rings. The first-order chi connectivity index (χ1) is 7.33. The van der Waals surface area contributed by atoms with Gasteiger partial charge in [0.15, 0.2) is 0 Å². The zero-order chi connectivity index (χ0) is 10.7. The molecule has 0 unspecified atom stereocenters. The van der Waals surface area contributed by atoms with Crippen LogP contribution in [0.1, 0.15) is 61.6 Å². The van der Waals surface area contributed by atoms with E-state index in [-0.39, 0.29) is 0 Å². The lowest BCUT2D eigenvalue weighted by Crippen LogP contribution is -2.11. The van der Waals surface area contributed by atoms with Crippen molar-refractivity contribution >= 4 is 11.3 Å². The molecule has 1 aliphatic carbocycles. The van der Waals surface area contributed by atoms with Gasteiger partial charge in [-0.3, -0.25) is 0 Å². The minimum atomic E-state index is 0.887.